The topological polar surface area (TPSA) is 80.1 Å². The van der Waals surface area contributed by atoms with Crippen molar-refractivity contribution in [3.8, 4) is 34.1 Å². The van der Waals surface area contributed by atoms with E-state index in [0.717, 1.165) is 104 Å². The molecule has 8 bridgehead atoms. The molecule has 0 aromatic heterocycles. The van der Waals surface area contributed by atoms with Crippen molar-refractivity contribution in [2.45, 2.75) is 79.1 Å². The summed E-state index contributed by atoms with van der Waals surface area (Å²) in [6, 6.07) is 30.5. The van der Waals surface area contributed by atoms with E-state index in [9.17, 15) is 10.1 Å². The SMILES string of the molecule is CCCOc1c2cccc1Cc1cccc(c1OCCC)Cc1c(-c3ccc([N+](=O)[O-])cc3)ccc(c1OCCC)Cc1cccc(c1OCCC)C2. The van der Waals surface area contributed by atoms with Crippen molar-refractivity contribution in [1.29, 1.82) is 0 Å². The van der Waals surface area contributed by atoms with Crippen molar-refractivity contribution in [2.24, 2.45) is 0 Å². The molecule has 1 aliphatic rings. The molecule has 0 saturated heterocycles. The average Bonchev–Trinajstić information content (AvgIpc) is 3.16. The zero-order valence-corrected chi connectivity index (χ0v) is 31.5. The summed E-state index contributed by atoms with van der Waals surface area (Å²) in [7, 11) is 0. The van der Waals surface area contributed by atoms with E-state index < -0.39 is 0 Å². The maximum absolute atomic E-state index is 11.6. The number of nitro benzene ring substituents is 1. The highest BCUT2D eigenvalue weighted by molar-refractivity contribution is 5.74. The first kappa shape index (κ1) is 37.5. The number of ether oxygens (including phenoxy) is 4. The predicted octanol–water partition coefficient (Wildman–Crippen LogP) is 11.1. The van der Waals surface area contributed by atoms with Crippen LogP contribution in [0.25, 0.3) is 11.1 Å². The Morgan fingerprint density at radius 1 is 0.472 bits per heavy atom. The van der Waals surface area contributed by atoms with Gasteiger partial charge in [0, 0.05) is 43.4 Å². The largest absolute Gasteiger partial charge is 0.493 e. The van der Waals surface area contributed by atoms with Crippen LogP contribution in [0.4, 0.5) is 5.69 Å². The molecule has 5 aromatic carbocycles. The molecule has 0 fully saturated rings. The van der Waals surface area contributed by atoms with Crippen molar-refractivity contribution < 1.29 is 23.9 Å². The average molecular weight is 714 g/mol. The number of nitrogens with zero attached hydrogens (tertiary/aromatic N) is 1. The van der Waals surface area contributed by atoms with Crippen molar-refractivity contribution in [3.05, 3.63) is 146 Å². The van der Waals surface area contributed by atoms with Gasteiger partial charge < -0.3 is 18.9 Å². The number of nitro groups is 1. The summed E-state index contributed by atoms with van der Waals surface area (Å²) in [4.78, 5) is 11.2. The van der Waals surface area contributed by atoms with Crippen LogP contribution >= 0.6 is 0 Å². The lowest BCUT2D eigenvalue weighted by Crippen LogP contribution is -2.10. The Morgan fingerprint density at radius 3 is 1.21 bits per heavy atom. The summed E-state index contributed by atoms with van der Waals surface area (Å²) < 4.78 is 26.6. The molecule has 53 heavy (non-hydrogen) atoms. The van der Waals surface area contributed by atoms with Gasteiger partial charge >= 0.3 is 0 Å². The minimum atomic E-state index is -0.359. The number of hydrogen-bond donors (Lipinski definition) is 0. The Kier molecular flexibility index (Phi) is 12.7. The molecule has 276 valence electrons. The highest BCUT2D eigenvalue weighted by Gasteiger charge is 2.24. The predicted molar refractivity (Wildman–Crippen MR) is 212 cm³/mol. The van der Waals surface area contributed by atoms with Crippen LogP contribution in [0, 0.1) is 10.1 Å². The molecule has 0 unspecified atom stereocenters. The van der Waals surface area contributed by atoms with Gasteiger partial charge in [0.25, 0.3) is 5.69 Å². The fourth-order valence-electron chi connectivity index (χ4n) is 7.13. The van der Waals surface area contributed by atoms with Crippen LogP contribution in [-0.4, -0.2) is 31.4 Å². The monoisotopic (exact) mass is 713 g/mol. The molecule has 0 radical (unpaired) electrons. The van der Waals surface area contributed by atoms with Crippen LogP contribution in [0.15, 0.2) is 91.0 Å². The molecule has 5 aromatic rings. The summed E-state index contributed by atoms with van der Waals surface area (Å²) in [5, 5.41) is 11.6. The molecule has 0 spiro atoms. The second-order valence-corrected chi connectivity index (χ2v) is 13.7. The third-order valence-corrected chi connectivity index (χ3v) is 9.58. The number of non-ortho nitro benzene ring substituents is 1. The van der Waals surface area contributed by atoms with E-state index in [-0.39, 0.29) is 10.6 Å². The van der Waals surface area contributed by atoms with Gasteiger partial charge in [-0.2, -0.15) is 0 Å². The number of hydrogen-bond acceptors (Lipinski definition) is 6. The first-order valence-electron chi connectivity index (χ1n) is 19.2. The molecule has 0 atom stereocenters. The van der Waals surface area contributed by atoms with E-state index in [2.05, 4.69) is 94.4 Å². The van der Waals surface area contributed by atoms with E-state index in [4.69, 9.17) is 18.9 Å². The molecular weight excluding hydrogens is 663 g/mol. The van der Waals surface area contributed by atoms with E-state index in [1.165, 1.54) is 0 Å². The summed E-state index contributed by atoms with van der Waals surface area (Å²) in [6.07, 6.45) is 6.00. The van der Waals surface area contributed by atoms with Crippen molar-refractivity contribution >= 4 is 5.69 Å². The van der Waals surface area contributed by atoms with Gasteiger partial charge in [-0.25, -0.2) is 0 Å². The van der Waals surface area contributed by atoms with Gasteiger partial charge in [0.15, 0.2) is 0 Å². The number of rotatable bonds is 14. The molecule has 6 rings (SSSR count). The second-order valence-electron chi connectivity index (χ2n) is 13.7. The minimum absolute atomic E-state index is 0.0598. The number of benzene rings is 5. The molecule has 7 nitrogen and oxygen atoms in total. The Labute approximate surface area is 314 Å². The molecule has 7 heteroatoms. The van der Waals surface area contributed by atoms with Crippen molar-refractivity contribution in [3.63, 3.8) is 0 Å². The van der Waals surface area contributed by atoms with E-state index in [1.807, 2.05) is 12.1 Å². The van der Waals surface area contributed by atoms with Gasteiger partial charge in [0.05, 0.1) is 31.4 Å². The number of para-hydroxylation sites is 3. The Bertz CT molecular complexity index is 2020. The fraction of sp³-hybridized carbons (Fsp3) is 0.348. The lowest BCUT2D eigenvalue weighted by molar-refractivity contribution is -0.384. The highest BCUT2D eigenvalue weighted by atomic mass is 16.6. The van der Waals surface area contributed by atoms with E-state index in [0.29, 0.717) is 52.1 Å². The second kappa shape index (κ2) is 18.0. The molecular formula is C46H51NO6. The normalized spacial score (nSPS) is 12.2. The zero-order chi connectivity index (χ0) is 37.2. The van der Waals surface area contributed by atoms with Gasteiger partial charge in [-0.3, -0.25) is 10.1 Å². The van der Waals surface area contributed by atoms with Crippen molar-refractivity contribution in [2.75, 3.05) is 26.4 Å². The van der Waals surface area contributed by atoms with Crippen molar-refractivity contribution in [1.82, 2.24) is 0 Å². The Balaban J connectivity index is 1.63. The summed E-state index contributed by atoms with van der Waals surface area (Å²) >= 11 is 0. The first-order valence-corrected chi connectivity index (χ1v) is 19.2. The third-order valence-electron chi connectivity index (χ3n) is 9.58. The molecule has 0 heterocycles. The van der Waals surface area contributed by atoms with Gasteiger partial charge in [0.1, 0.15) is 23.0 Å². The van der Waals surface area contributed by atoms with Crippen LogP contribution in [0.3, 0.4) is 0 Å². The smallest absolute Gasteiger partial charge is 0.269 e. The minimum Gasteiger partial charge on any atom is -0.493 e. The summed E-state index contributed by atoms with van der Waals surface area (Å²) in [5.41, 5.74) is 10.6. The molecule has 0 amide bonds. The van der Waals surface area contributed by atoms with Crippen LogP contribution in [0.1, 0.15) is 97.9 Å². The fourth-order valence-corrected chi connectivity index (χ4v) is 7.13. The Morgan fingerprint density at radius 2 is 0.830 bits per heavy atom. The van der Waals surface area contributed by atoms with Crippen LogP contribution < -0.4 is 18.9 Å². The molecule has 1 aliphatic carbocycles. The zero-order valence-electron chi connectivity index (χ0n) is 31.5. The highest BCUT2D eigenvalue weighted by Crippen LogP contribution is 2.42. The standard InChI is InChI=1S/C46H51NO6/c1-5-24-50-43-33-12-9-13-35(43)29-36-16-11-17-38(45(36)52-26-7-3)31-42-41(32-18-21-40(22-19-32)47(48)49)23-20-39(46(42)53-27-8-4)30-37-15-10-14-34(28-33)44(37)51-25-6-2/h9-23H,5-8,24-31H2,1-4H3. The van der Waals surface area contributed by atoms with Gasteiger partial charge in [-0.1, -0.05) is 94.4 Å². The quantitative estimate of drug-likeness (QED) is 0.0826. The van der Waals surface area contributed by atoms with Crippen LogP contribution in [0.2, 0.25) is 0 Å². The lowest BCUT2D eigenvalue weighted by atomic mass is 9.88. The maximum atomic E-state index is 11.6. The third kappa shape index (κ3) is 8.68. The van der Waals surface area contributed by atoms with Gasteiger partial charge in [0.2, 0.25) is 0 Å². The summed E-state index contributed by atoms with van der Waals surface area (Å²) in [5.74, 6) is 3.57. The van der Waals surface area contributed by atoms with Crippen LogP contribution in [0.5, 0.6) is 23.0 Å². The first-order chi connectivity index (χ1) is 25.9. The summed E-state index contributed by atoms with van der Waals surface area (Å²) in [6.45, 7) is 10.9. The van der Waals surface area contributed by atoms with Gasteiger partial charge in [-0.15, -0.1) is 0 Å². The van der Waals surface area contributed by atoms with Crippen LogP contribution in [-0.2, 0) is 25.7 Å². The maximum Gasteiger partial charge on any atom is 0.269 e. The molecule has 0 saturated carbocycles. The molecule has 0 N–H and O–H groups in total. The Hall–Kier alpha value is -5.30. The van der Waals surface area contributed by atoms with Gasteiger partial charge in [-0.05, 0) is 87.9 Å². The molecule has 0 aliphatic heterocycles. The van der Waals surface area contributed by atoms with E-state index in [1.54, 1.807) is 12.1 Å². The number of fused-ring (bicyclic) bond motifs is 8. The lowest BCUT2D eigenvalue weighted by Gasteiger charge is -2.24. The van der Waals surface area contributed by atoms with E-state index >= 15 is 0 Å².